The van der Waals surface area contributed by atoms with Crippen molar-refractivity contribution in [2.24, 2.45) is 0 Å². The molecule has 3 nitrogen and oxygen atoms in total. The van der Waals surface area contributed by atoms with Gasteiger partial charge in [0, 0.05) is 11.5 Å². The molecule has 13 heavy (non-hydrogen) atoms. The lowest BCUT2D eigenvalue weighted by molar-refractivity contribution is -0.122. The number of hydrogen-bond acceptors (Lipinski definition) is 3. The van der Waals surface area contributed by atoms with Crippen molar-refractivity contribution in [3.05, 3.63) is 12.2 Å². The van der Waals surface area contributed by atoms with Crippen LogP contribution in [0.3, 0.4) is 0 Å². The second-order valence-corrected chi connectivity index (χ2v) is 4.28. The van der Waals surface area contributed by atoms with Gasteiger partial charge in [0.1, 0.15) is 0 Å². The molecule has 1 heterocycles. The molecule has 2 atom stereocenters. The van der Waals surface area contributed by atoms with Crippen molar-refractivity contribution < 1.29 is 4.79 Å². The molecule has 0 aliphatic carbocycles. The third-order valence-corrected chi connectivity index (χ3v) is 3.35. The van der Waals surface area contributed by atoms with E-state index in [4.69, 9.17) is 0 Å². The highest BCUT2D eigenvalue weighted by Gasteiger charge is 2.22. The third kappa shape index (κ3) is 2.74. The minimum atomic E-state index is -0.126. The fraction of sp³-hybridized carbons (Fsp3) is 0.667. The van der Waals surface area contributed by atoms with Crippen LogP contribution >= 0.6 is 11.8 Å². The van der Waals surface area contributed by atoms with Crippen LogP contribution in [-0.2, 0) is 4.79 Å². The molecule has 0 aromatic rings. The van der Waals surface area contributed by atoms with Crippen LogP contribution in [0.1, 0.15) is 6.92 Å². The summed E-state index contributed by atoms with van der Waals surface area (Å²) in [5.74, 6) is 1.98. The molecule has 2 unspecified atom stereocenters. The minimum absolute atomic E-state index is 0.0520. The quantitative estimate of drug-likeness (QED) is 0.647. The molecule has 0 aromatic heterocycles. The molecule has 74 valence electrons. The number of amides is 1. The Kier molecular flexibility index (Phi) is 3.81. The van der Waals surface area contributed by atoms with Gasteiger partial charge in [0.05, 0.1) is 12.1 Å². The Labute approximate surface area is 83.3 Å². The standard InChI is InChI=1S/C9H16N2OS/c1-6-4-13-5-8(6)11-9(12)7(2)10-3/h7-8,10H,1,4-5H2,2-3H3,(H,11,12). The van der Waals surface area contributed by atoms with Crippen LogP contribution in [0.25, 0.3) is 0 Å². The summed E-state index contributed by atoms with van der Waals surface area (Å²) in [7, 11) is 1.78. The van der Waals surface area contributed by atoms with E-state index < -0.39 is 0 Å². The monoisotopic (exact) mass is 200 g/mol. The predicted molar refractivity (Wildman–Crippen MR) is 56.9 cm³/mol. The molecule has 4 heteroatoms. The van der Waals surface area contributed by atoms with Gasteiger partial charge in [-0.3, -0.25) is 4.79 Å². The molecule has 0 spiro atoms. The van der Waals surface area contributed by atoms with Gasteiger partial charge in [-0.25, -0.2) is 0 Å². The minimum Gasteiger partial charge on any atom is -0.347 e. The highest BCUT2D eigenvalue weighted by atomic mass is 32.2. The van der Waals surface area contributed by atoms with Gasteiger partial charge in [0.2, 0.25) is 5.91 Å². The molecule has 1 rings (SSSR count). The Hall–Kier alpha value is -0.480. The van der Waals surface area contributed by atoms with E-state index >= 15 is 0 Å². The molecule has 0 saturated carbocycles. The Morgan fingerprint density at radius 1 is 1.77 bits per heavy atom. The van der Waals surface area contributed by atoms with Gasteiger partial charge in [-0.05, 0) is 19.5 Å². The number of likely N-dealkylation sites (N-methyl/N-ethyl adjacent to an activating group) is 1. The molecular formula is C9H16N2OS. The van der Waals surface area contributed by atoms with Gasteiger partial charge in [-0.15, -0.1) is 0 Å². The highest BCUT2D eigenvalue weighted by molar-refractivity contribution is 7.99. The first-order chi connectivity index (χ1) is 6.15. The number of carbonyl (C=O) groups excluding carboxylic acids is 1. The molecule has 0 bridgehead atoms. The molecule has 1 saturated heterocycles. The van der Waals surface area contributed by atoms with E-state index in [1.807, 2.05) is 18.7 Å². The van der Waals surface area contributed by atoms with Crippen LogP contribution in [0, 0.1) is 0 Å². The maximum Gasteiger partial charge on any atom is 0.237 e. The van der Waals surface area contributed by atoms with Crippen LogP contribution in [-0.4, -0.2) is 36.5 Å². The number of hydrogen-bond donors (Lipinski definition) is 2. The summed E-state index contributed by atoms with van der Waals surface area (Å²) in [5.41, 5.74) is 1.13. The lowest BCUT2D eigenvalue weighted by Crippen LogP contribution is -2.45. The van der Waals surface area contributed by atoms with E-state index in [1.165, 1.54) is 0 Å². The zero-order valence-electron chi connectivity index (χ0n) is 8.09. The van der Waals surface area contributed by atoms with Crippen molar-refractivity contribution in [2.45, 2.75) is 19.0 Å². The molecule has 1 fully saturated rings. The van der Waals surface area contributed by atoms with Gasteiger partial charge in [-0.1, -0.05) is 6.58 Å². The van der Waals surface area contributed by atoms with Crippen molar-refractivity contribution >= 4 is 17.7 Å². The van der Waals surface area contributed by atoms with E-state index in [0.29, 0.717) is 0 Å². The van der Waals surface area contributed by atoms with Crippen LogP contribution < -0.4 is 10.6 Å². The summed E-state index contributed by atoms with van der Waals surface area (Å²) in [4.78, 5) is 11.5. The van der Waals surface area contributed by atoms with E-state index in [0.717, 1.165) is 17.1 Å². The summed E-state index contributed by atoms with van der Waals surface area (Å²) >= 11 is 1.82. The summed E-state index contributed by atoms with van der Waals surface area (Å²) in [6, 6.07) is 0.0479. The van der Waals surface area contributed by atoms with E-state index in [-0.39, 0.29) is 18.0 Å². The van der Waals surface area contributed by atoms with Crippen molar-refractivity contribution in [1.82, 2.24) is 10.6 Å². The Morgan fingerprint density at radius 2 is 2.46 bits per heavy atom. The summed E-state index contributed by atoms with van der Waals surface area (Å²) in [5, 5.41) is 5.86. The normalized spacial score (nSPS) is 24.5. The number of thioether (sulfide) groups is 1. The van der Waals surface area contributed by atoms with Crippen molar-refractivity contribution in [3.8, 4) is 0 Å². The van der Waals surface area contributed by atoms with Crippen LogP contribution in [0.2, 0.25) is 0 Å². The van der Waals surface area contributed by atoms with Crippen LogP contribution in [0.15, 0.2) is 12.2 Å². The maximum absolute atomic E-state index is 11.5. The summed E-state index contributed by atoms with van der Waals surface area (Å²) in [6.45, 7) is 5.77. The van der Waals surface area contributed by atoms with Gasteiger partial charge >= 0.3 is 0 Å². The predicted octanol–water partition coefficient (Wildman–Crippen LogP) is 0.382. The number of carbonyl (C=O) groups is 1. The Balaban J connectivity index is 2.39. The number of nitrogens with one attached hydrogen (secondary N) is 2. The van der Waals surface area contributed by atoms with Gasteiger partial charge < -0.3 is 10.6 Å². The second-order valence-electron chi connectivity index (χ2n) is 3.24. The first-order valence-corrected chi connectivity index (χ1v) is 5.53. The highest BCUT2D eigenvalue weighted by Crippen LogP contribution is 2.21. The molecular weight excluding hydrogens is 184 g/mol. The van der Waals surface area contributed by atoms with Crippen molar-refractivity contribution in [2.75, 3.05) is 18.6 Å². The van der Waals surface area contributed by atoms with Crippen LogP contribution in [0.5, 0.6) is 0 Å². The Bertz CT molecular complexity index is 218. The van der Waals surface area contributed by atoms with Crippen LogP contribution in [0.4, 0.5) is 0 Å². The zero-order chi connectivity index (χ0) is 9.84. The fourth-order valence-corrected chi connectivity index (χ4v) is 2.23. The zero-order valence-corrected chi connectivity index (χ0v) is 8.91. The topological polar surface area (TPSA) is 41.1 Å². The molecule has 1 aliphatic heterocycles. The molecule has 0 radical (unpaired) electrons. The van der Waals surface area contributed by atoms with Crippen molar-refractivity contribution in [1.29, 1.82) is 0 Å². The summed E-state index contributed by atoms with van der Waals surface area (Å²) in [6.07, 6.45) is 0. The first-order valence-electron chi connectivity index (χ1n) is 4.38. The smallest absolute Gasteiger partial charge is 0.237 e. The molecule has 2 N–H and O–H groups in total. The molecule has 1 aliphatic rings. The largest absolute Gasteiger partial charge is 0.347 e. The van der Waals surface area contributed by atoms with E-state index in [9.17, 15) is 4.79 Å². The second kappa shape index (κ2) is 4.67. The van der Waals surface area contributed by atoms with E-state index in [2.05, 4.69) is 17.2 Å². The van der Waals surface area contributed by atoms with Gasteiger partial charge in [0.25, 0.3) is 0 Å². The lowest BCUT2D eigenvalue weighted by atomic mass is 10.1. The molecule has 0 aromatic carbocycles. The average molecular weight is 200 g/mol. The lowest BCUT2D eigenvalue weighted by Gasteiger charge is -2.16. The molecule has 1 amide bonds. The maximum atomic E-state index is 11.5. The number of rotatable bonds is 3. The Morgan fingerprint density at radius 3 is 2.92 bits per heavy atom. The fourth-order valence-electron chi connectivity index (χ4n) is 1.10. The third-order valence-electron chi connectivity index (χ3n) is 2.21. The average Bonchev–Trinajstić information content (AvgIpc) is 2.50. The first kappa shape index (κ1) is 10.6. The van der Waals surface area contributed by atoms with Crippen molar-refractivity contribution in [3.63, 3.8) is 0 Å². The van der Waals surface area contributed by atoms with Gasteiger partial charge in [0.15, 0.2) is 0 Å². The van der Waals surface area contributed by atoms with E-state index in [1.54, 1.807) is 7.05 Å². The van der Waals surface area contributed by atoms with Gasteiger partial charge in [-0.2, -0.15) is 11.8 Å². The summed E-state index contributed by atoms with van der Waals surface area (Å²) < 4.78 is 0. The SMILES string of the molecule is C=C1CSCC1NC(=O)C(C)NC.